The van der Waals surface area contributed by atoms with Crippen LogP contribution in [0.1, 0.15) is 23.2 Å². The maximum atomic E-state index is 13.3. The first kappa shape index (κ1) is 31.5. The molecule has 0 fully saturated rings. The van der Waals surface area contributed by atoms with E-state index >= 15 is 0 Å². The third-order valence-corrected chi connectivity index (χ3v) is 4.77. The molecule has 0 aliphatic carbocycles. The van der Waals surface area contributed by atoms with E-state index in [1.54, 1.807) is 18.3 Å². The van der Waals surface area contributed by atoms with E-state index in [0.29, 0.717) is 5.75 Å². The number of carboxylic acid groups (broad SMARTS) is 2. The van der Waals surface area contributed by atoms with E-state index in [-0.39, 0.29) is 24.5 Å². The second-order valence-electron chi connectivity index (χ2n) is 7.69. The minimum atomic E-state index is -5.08. The summed E-state index contributed by atoms with van der Waals surface area (Å²) in [6.45, 7) is 0.254. The lowest BCUT2D eigenvalue weighted by molar-refractivity contribution is -0.193. The molecule has 0 saturated heterocycles. The summed E-state index contributed by atoms with van der Waals surface area (Å²) in [5.41, 5.74) is 2.18. The molecule has 0 spiro atoms. The molecule has 0 amide bonds. The second kappa shape index (κ2) is 13.9. The van der Waals surface area contributed by atoms with Crippen molar-refractivity contribution in [1.82, 2.24) is 10.3 Å². The monoisotopic (exact) mass is 575 g/mol. The summed E-state index contributed by atoms with van der Waals surface area (Å²) >= 11 is 0. The first-order chi connectivity index (χ1) is 18.7. The van der Waals surface area contributed by atoms with Crippen LogP contribution in [0.15, 0.2) is 84.1 Å². The number of pyridine rings is 1. The van der Waals surface area contributed by atoms with Crippen LogP contribution in [0, 0.1) is 5.82 Å². The van der Waals surface area contributed by atoms with Crippen LogP contribution >= 0.6 is 0 Å². The summed E-state index contributed by atoms with van der Waals surface area (Å²) < 4.78 is 82.5. The normalized spacial score (nSPS) is 16.2. The first-order valence-electron chi connectivity index (χ1n) is 10.9. The quantitative estimate of drug-likeness (QED) is 0.351. The van der Waals surface area contributed by atoms with E-state index in [9.17, 15) is 30.7 Å². The molecule has 15 heteroatoms. The number of halogens is 7. The third kappa shape index (κ3) is 10.2. The molecule has 8 nitrogen and oxygen atoms in total. The number of aliphatic imine (C=N–C) groups is 1. The summed E-state index contributed by atoms with van der Waals surface area (Å²) in [7, 11) is 0. The van der Waals surface area contributed by atoms with Gasteiger partial charge in [-0.15, -0.1) is 0 Å². The Bertz CT molecular complexity index is 1260. The van der Waals surface area contributed by atoms with E-state index in [0.717, 1.165) is 17.0 Å². The standard InChI is InChI=1S/C21H18FN3O.2C2HF3O2/c22-17-9-4-10-18(12-17)26-14-19-24-20(15-6-2-1-3-7-15)21(25-19)16-8-5-11-23-13-16;2*3-2(4,5)1(6)7/h1-13,20-21H,14H2,(H,24,25);2*(H,6,7)/t20-,21+;;/m0../s1. The highest BCUT2D eigenvalue weighted by Crippen LogP contribution is 2.35. The van der Waals surface area contributed by atoms with Gasteiger partial charge in [-0.3, -0.25) is 9.98 Å². The van der Waals surface area contributed by atoms with Crippen molar-refractivity contribution in [1.29, 1.82) is 0 Å². The van der Waals surface area contributed by atoms with Crippen molar-refractivity contribution in [3.05, 3.63) is 96.1 Å². The second-order valence-corrected chi connectivity index (χ2v) is 7.69. The Labute approximate surface area is 221 Å². The summed E-state index contributed by atoms with van der Waals surface area (Å²) in [4.78, 5) is 26.8. The Balaban J connectivity index is 0.000000333. The largest absolute Gasteiger partial charge is 0.490 e. The lowest BCUT2D eigenvalue weighted by atomic mass is 9.96. The molecule has 0 saturated carbocycles. The summed E-state index contributed by atoms with van der Waals surface area (Å²) in [5.74, 6) is -4.62. The molecule has 3 N–H and O–H groups in total. The highest BCUT2D eigenvalue weighted by Gasteiger charge is 2.39. The predicted molar refractivity (Wildman–Crippen MR) is 126 cm³/mol. The van der Waals surface area contributed by atoms with Gasteiger partial charge >= 0.3 is 24.3 Å². The minimum absolute atomic E-state index is 0.00603. The van der Waals surface area contributed by atoms with Crippen molar-refractivity contribution < 1.29 is 55.3 Å². The fourth-order valence-electron chi connectivity index (χ4n) is 3.07. The van der Waals surface area contributed by atoms with Crippen LogP contribution in [-0.4, -0.2) is 51.9 Å². The molecule has 1 aliphatic rings. The average Bonchev–Trinajstić information content (AvgIpc) is 3.33. The average molecular weight is 575 g/mol. The van der Waals surface area contributed by atoms with Gasteiger partial charge in [0.15, 0.2) is 0 Å². The Hall–Kier alpha value is -4.69. The molecule has 0 unspecified atom stereocenters. The molecule has 4 rings (SSSR count). The number of nitrogens with zero attached hydrogens (tertiary/aromatic N) is 2. The van der Waals surface area contributed by atoms with E-state index < -0.39 is 24.3 Å². The zero-order valence-electron chi connectivity index (χ0n) is 20.0. The lowest BCUT2D eigenvalue weighted by Gasteiger charge is -2.19. The van der Waals surface area contributed by atoms with Gasteiger partial charge in [0.05, 0.1) is 6.04 Å². The van der Waals surface area contributed by atoms with Crippen LogP contribution < -0.4 is 10.1 Å². The lowest BCUT2D eigenvalue weighted by Crippen LogP contribution is -2.28. The SMILES string of the molecule is Fc1cccc(OCC2=N[C@H](c3cccnc3)[C@H](c3ccccc3)N2)c1.O=C(O)C(F)(F)F.O=C(O)C(F)(F)F. The number of alkyl halides is 6. The molecule has 1 aliphatic heterocycles. The molecule has 2 heterocycles. The Morgan fingerprint density at radius 2 is 1.43 bits per heavy atom. The number of hydrogen-bond donors (Lipinski definition) is 3. The van der Waals surface area contributed by atoms with E-state index in [1.165, 1.54) is 12.1 Å². The van der Waals surface area contributed by atoms with Gasteiger partial charge in [0.2, 0.25) is 0 Å². The Kier molecular flexibility index (Phi) is 11.0. The van der Waals surface area contributed by atoms with Crippen molar-refractivity contribution in [3.63, 3.8) is 0 Å². The van der Waals surface area contributed by atoms with Gasteiger partial charge < -0.3 is 20.3 Å². The molecule has 214 valence electrons. The smallest absolute Gasteiger partial charge is 0.486 e. The van der Waals surface area contributed by atoms with Crippen LogP contribution in [0.25, 0.3) is 0 Å². The molecule has 2 aromatic carbocycles. The molecule has 0 bridgehead atoms. The highest BCUT2D eigenvalue weighted by molar-refractivity contribution is 5.86. The number of aliphatic carboxylic acids is 2. The molecular weight excluding hydrogens is 555 g/mol. The molecular formula is C25H20F7N3O5. The van der Waals surface area contributed by atoms with Gasteiger partial charge in [-0.25, -0.2) is 14.0 Å². The van der Waals surface area contributed by atoms with Gasteiger partial charge in [0.25, 0.3) is 0 Å². The minimum Gasteiger partial charge on any atom is -0.486 e. The summed E-state index contributed by atoms with van der Waals surface area (Å²) in [5, 5.41) is 17.7. The fourth-order valence-corrected chi connectivity index (χ4v) is 3.07. The number of benzene rings is 2. The topological polar surface area (TPSA) is 121 Å². The predicted octanol–water partition coefficient (Wildman–Crippen LogP) is 5.35. The van der Waals surface area contributed by atoms with E-state index in [2.05, 4.69) is 22.4 Å². The van der Waals surface area contributed by atoms with Crippen molar-refractivity contribution >= 4 is 17.8 Å². The highest BCUT2D eigenvalue weighted by atomic mass is 19.4. The van der Waals surface area contributed by atoms with Gasteiger partial charge in [-0.2, -0.15) is 26.3 Å². The number of ether oxygens (including phenoxy) is 1. The third-order valence-electron chi connectivity index (χ3n) is 4.77. The van der Waals surface area contributed by atoms with Crippen LogP contribution in [-0.2, 0) is 9.59 Å². The van der Waals surface area contributed by atoms with Crippen LogP contribution in [0.4, 0.5) is 30.7 Å². The first-order valence-corrected chi connectivity index (χ1v) is 10.9. The Morgan fingerprint density at radius 1 is 0.850 bits per heavy atom. The molecule has 3 aromatic rings. The Morgan fingerprint density at radius 3 is 1.93 bits per heavy atom. The van der Waals surface area contributed by atoms with Crippen molar-refractivity contribution in [2.24, 2.45) is 4.99 Å². The number of carboxylic acids is 2. The maximum Gasteiger partial charge on any atom is 0.490 e. The summed E-state index contributed by atoms with van der Waals surface area (Å²) in [6, 6.07) is 20.1. The van der Waals surface area contributed by atoms with E-state index in [1.807, 2.05) is 36.5 Å². The number of nitrogens with one attached hydrogen (secondary N) is 1. The molecule has 1 aromatic heterocycles. The van der Waals surface area contributed by atoms with Crippen LogP contribution in [0.5, 0.6) is 5.75 Å². The van der Waals surface area contributed by atoms with E-state index in [4.69, 9.17) is 29.5 Å². The number of carbonyl (C=O) groups is 2. The van der Waals surface area contributed by atoms with Crippen molar-refractivity contribution in [2.75, 3.05) is 6.61 Å². The number of aromatic nitrogens is 1. The van der Waals surface area contributed by atoms with Crippen molar-refractivity contribution in [3.8, 4) is 5.75 Å². The van der Waals surface area contributed by atoms with Crippen molar-refractivity contribution in [2.45, 2.75) is 24.4 Å². The maximum absolute atomic E-state index is 13.3. The zero-order valence-corrected chi connectivity index (χ0v) is 20.0. The summed E-state index contributed by atoms with van der Waals surface area (Å²) in [6.07, 6.45) is -6.58. The van der Waals surface area contributed by atoms with Crippen LogP contribution in [0.2, 0.25) is 0 Å². The number of hydrogen-bond acceptors (Lipinski definition) is 6. The van der Waals surface area contributed by atoms with Gasteiger partial charge in [-0.1, -0.05) is 42.5 Å². The van der Waals surface area contributed by atoms with Gasteiger partial charge in [0.1, 0.15) is 30.1 Å². The molecule has 40 heavy (non-hydrogen) atoms. The molecule has 0 radical (unpaired) electrons. The zero-order chi connectivity index (χ0) is 29.9. The number of amidine groups is 1. The van der Waals surface area contributed by atoms with Gasteiger partial charge in [0, 0.05) is 18.5 Å². The van der Waals surface area contributed by atoms with Gasteiger partial charge in [-0.05, 0) is 29.3 Å². The van der Waals surface area contributed by atoms with Crippen LogP contribution in [0.3, 0.4) is 0 Å². The number of rotatable bonds is 5. The molecule has 2 atom stereocenters. The fraction of sp³-hybridized carbons (Fsp3) is 0.200.